The van der Waals surface area contributed by atoms with E-state index in [1.54, 1.807) is 0 Å². The van der Waals surface area contributed by atoms with Gasteiger partial charge in [-0.05, 0) is 55.9 Å². The van der Waals surface area contributed by atoms with Crippen LogP contribution in [0.25, 0.3) is 5.57 Å². The molecule has 0 amide bonds. The van der Waals surface area contributed by atoms with Crippen molar-refractivity contribution in [1.82, 2.24) is 0 Å². The monoisotopic (exact) mass is 353 g/mol. The number of carbonyl (C=O) groups is 1. The number of Topliss-reactive ketones (excluding diaryl/α,β-unsaturated/α-hetero) is 1. The SMILES string of the molecule is CC1=C(c2cccc(OC(C)(C)C)c2)C(=O)C(N)(c2ccccc2)S1. The normalized spacial score (nSPS) is 20.9. The van der Waals surface area contributed by atoms with Crippen molar-refractivity contribution in [3.8, 4) is 5.75 Å². The summed E-state index contributed by atoms with van der Waals surface area (Å²) in [6, 6.07) is 17.2. The third kappa shape index (κ3) is 3.51. The van der Waals surface area contributed by atoms with E-state index >= 15 is 0 Å². The number of nitrogens with two attached hydrogens (primary N) is 1. The summed E-state index contributed by atoms with van der Waals surface area (Å²) < 4.78 is 5.94. The first-order valence-corrected chi connectivity index (χ1v) is 9.11. The Morgan fingerprint density at radius 2 is 1.72 bits per heavy atom. The molecule has 0 fully saturated rings. The van der Waals surface area contributed by atoms with Crippen molar-refractivity contribution >= 4 is 23.1 Å². The minimum Gasteiger partial charge on any atom is -0.488 e. The minimum absolute atomic E-state index is 0.0610. The molecule has 1 unspecified atom stereocenters. The second-order valence-corrected chi connectivity index (χ2v) is 8.67. The van der Waals surface area contributed by atoms with E-state index in [0.717, 1.165) is 21.8 Å². The molecule has 1 atom stereocenters. The van der Waals surface area contributed by atoms with Crippen LogP contribution in [0.1, 0.15) is 38.8 Å². The van der Waals surface area contributed by atoms with E-state index in [9.17, 15) is 4.79 Å². The largest absolute Gasteiger partial charge is 0.488 e. The molecule has 2 aromatic carbocycles. The van der Waals surface area contributed by atoms with Crippen LogP contribution in [0.5, 0.6) is 5.75 Å². The molecule has 2 aromatic rings. The second kappa shape index (κ2) is 6.36. The summed E-state index contributed by atoms with van der Waals surface area (Å²) in [6.45, 7) is 7.95. The van der Waals surface area contributed by atoms with E-state index in [1.807, 2.05) is 82.3 Å². The molecule has 0 saturated heterocycles. The fourth-order valence-electron chi connectivity index (χ4n) is 2.96. The van der Waals surface area contributed by atoms with Crippen molar-refractivity contribution < 1.29 is 9.53 Å². The Balaban J connectivity index is 1.97. The van der Waals surface area contributed by atoms with Crippen LogP contribution in [-0.2, 0) is 9.67 Å². The van der Waals surface area contributed by atoms with Crippen molar-refractivity contribution in [3.63, 3.8) is 0 Å². The lowest BCUT2D eigenvalue weighted by molar-refractivity contribution is -0.115. The number of ketones is 1. The highest BCUT2D eigenvalue weighted by Gasteiger charge is 2.45. The summed E-state index contributed by atoms with van der Waals surface area (Å²) in [5.74, 6) is 0.687. The molecule has 0 bridgehead atoms. The van der Waals surface area contributed by atoms with Gasteiger partial charge in [-0.15, -0.1) is 0 Å². The lowest BCUT2D eigenvalue weighted by atomic mass is 9.93. The first-order valence-electron chi connectivity index (χ1n) is 8.29. The summed E-state index contributed by atoms with van der Waals surface area (Å²) in [7, 11) is 0. The molecule has 2 N–H and O–H groups in total. The molecular weight excluding hydrogens is 330 g/mol. The molecule has 0 radical (unpaired) electrons. The van der Waals surface area contributed by atoms with E-state index < -0.39 is 4.87 Å². The van der Waals surface area contributed by atoms with E-state index in [1.165, 1.54) is 11.8 Å². The lowest BCUT2D eigenvalue weighted by Gasteiger charge is -2.23. The van der Waals surface area contributed by atoms with E-state index in [4.69, 9.17) is 10.5 Å². The predicted molar refractivity (Wildman–Crippen MR) is 104 cm³/mol. The molecule has 0 aromatic heterocycles. The van der Waals surface area contributed by atoms with Gasteiger partial charge in [-0.2, -0.15) is 0 Å². The number of carbonyl (C=O) groups excluding carboxylic acids is 1. The van der Waals surface area contributed by atoms with Gasteiger partial charge in [0, 0.05) is 5.57 Å². The second-order valence-electron chi connectivity index (χ2n) is 7.21. The first-order chi connectivity index (χ1) is 11.7. The Bertz CT molecular complexity index is 836. The summed E-state index contributed by atoms with van der Waals surface area (Å²) in [5.41, 5.74) is 8.57. The lowest BCUT2D eigenvalue weighted by Crippen LogP contribution is -2.39. The van der Waals surface area contributed by atoms with E-state index in [-0.39, 0.29) is 11.4 Å². The molecule has 130 valence electrons. The number of hydrogen-bond donors (Lipinski definition) is 1. The molecule has 0 saturated carbocycles. The smallest absolute Gasteiger partial charge is 0.199 e. The van der Waals surface area contributed by atoms with Crippen LogP contribution in [0, 0.1) is 0 Å². The predicted octanol–water partition coefficient (Wildman–Crippen LogP) is 4.72. The molecular formula is C21H23NO2S. The van der Waals surface area contributed by atoms with Gasteiger partial charge in [-0.3, -0.25) is 4.79 Å². The van der Waals surface area contributed by atoms with Gasteiger partial charge >= 0.3 is 0 Å². The quantitative estimate of drug-likeness (QED) is 0.867. The minimum atomic E-state index is -1.07. The number of allylic oxidation sites excluding steroid dienone is 1. The van der Waals surface area contributed by atoms with Crippen LogP contribution in [-0.4, -0.2) is 11.4 Å². The van der Waals surface area contributed by atoms with Crippen molar-refractivity contribution in [2.45, 2.75) is 38.2 Å². The van der Waals surface area contributed by atoms with E-state index in [0.29, 0.717) is 5.57 Å². The number of benzene rings is 2. The maximum Gasteiger partial charge on any atom is 0.199 e. The zero-order valence-electron chi connectivity index (χ0n) is 15.0. The maximum atomic E-state index is 13.2. The van der Waals surface area contributed by atoms with Crippen LogP contribution in [0.15, 0.2) is 59.5 Å². The van der Waals surface area contributed by atoms with Gasteiger partial charge in [0.25, 0.3) is 0 Å². The molecule has 0 spiro atoms. The van der Waals surface area contributed by atoms with E-state index in [2.05, 4.69) is 0 Å². The average Bonchev–Trinajstić information content (AvgIpc) is 2.77. The molecule has 0 aliphatic carbocycles. The highest BCUT2D eigenvalue weighted by atomic mass is 32.2. The Kier molecular flexibility index (Phi) is 4.52. The molecule has 3 nitrogen and oxygen atoms in total. The van der Waals surface area contributed by atoms with Crippen LogP contribution < -0.4 is 10.5 Å². The molecule has 1 aliphatic rings. The number of thioether (sulfide) groups is 1. The molecule has 25 heavy (non-hydrogen) atoms. The Labute approximate surface area is 153 Å². The topological polar surface area (TPSA) is 52.3 Å². The molecule has 4 heteroatoms. The first kappa shape index (κ1) is 17.8. The third-order valence-electron chi connectivity index (χ3n) is 3.98. The van der Waals surface area contributed by atoms with Gasteiger partial charge in [-0.25, -0.2) is 0 Å². The van der Waals surface area contributed by atoms with Crippen molar-refractivity contribution in [2.75, 3.05) is 0 Å². The van der Waals surface area contributed by atoms with Gasteiger partial charge < -0.3 is 10.5 Å². The van der Waals surface area contributed by atoms with Gasteiger partial charge in [0.05, 0.1) is 0 Å². The Morgan fingerprint density at radius 1 is 1.04 bits per heavy atom. The molecule has 1 heterocycles. The third-order valence-corrected chi connectivity index (χ3v) is 5.23. The summed E-state index contributed by atoms with van der Waals surface area (Å²) in [4.78, 5) is 13.1. The number of hydrogen-bond acceptors (Lipinski definition) is 4. The fraction of sp³-hybridized carbons (Fsp3) is 0.286. The van der Waals surface area contributed by atoms with Crippen LogP contribution in [0.2, 0.25) is 0 Å². The fourth-order valence-corrected chi connectivity index (χ4v) is 4.21. The molecule has 1 aliphatic heterocycles. The number of rotatable bonds is 3. The van der Waals surface area contributed by atoms with Crippen molar-refractivity contribution in [2.24, 2.45) is 5.73 Å². The summed E-state index contributed by atoms with van der Waals surface area (Å²) >= 11 is 1.42. The summed E-state index contributed by atoms with van der Waals surface area (Å²) in [5, 5.41) is 0. The van der Waals surface area contributed by atoms with Crippen LogP contribution >= 0.6 is 11.8 Å². The van der Waals surface area contributed by atoms with Gasteiger partial charge in [0.15, 0.2) is 10.7 Å². The Hall–Kier alpha value is -2.04. The average molecular weight is 353 g/mol. The highest BCUT2D eigenvalue weighted by molar-refractivity contribution is 8.05. The zero-order chi connectivity index (χ0) is 18.2. The standard InChI is InChI=1S/C21H23NO2S/c1-14-18(15-9-8-12-17(13-15)24-20(2,3)4)19(23)21(22,25-14)16-10-6-5-7-11-16/h5-13H,22H2,1-4H3. The zero-order valence-corrected chi connectivity index (χ0v) is 15.8. The molecule has 3 rings (SSSR count). The van der Waals surface area contributed by atoms with Crippen LogP contribution in [0.3, 0.4) is 0 Å². The number of ether oxygens (including phenoxy) is 1. The van der Waals surface area contributed by atoms with Gasteiger partial charge in [0.2, 0.25) is 0 Å². The maximum absolute atomic E-state index is 13.2. The highest BCUT2D eigenvalue weighted by Crippen LogP contribution is 2.49. The van der Waals surface area contributed by atoms with Crippen molar-refractivity contribution in [1.29, 1.82) is 0 Å². The van der Waals surface area contributed by atoms with Crippen molar-refractivity contribution in [3.05, 3.63) is 70.6 Å². The van der Waals surface area contributed by atoms with Gasteiger partial charge in [-0.1, -0.05) is 54.2 Å². The van der Waals surface area contributed by atoms with Gasteiger partial charge in [0.1, 0.15) is 11.4 Å². The van der Waals surface area contributed by atoms with Crippen LogP contribution in [0.4, 0.5) is 0 Å². The summed E-state index contributed by atoms with van der Waals surface area (Å²) in [6.07, 6.45) is 0. The Morgan fingerprint density at radius 3 is 2.36 bits per heavy atom.